The molecule has 0 saturated carbocycles. The largest absolute Gasteiger partial charge is 2.00 e. The van der Waals surface area contributed by atoms with Crippen molar-refractivity contribution in [2.45, 2.75) is 39.5 Å². The fourth-order valence-corrected chi connectivity index (χ4v) is 0.697. The van der Waals surface area contributed by atoms with Gasteiger partial charge in [-0.15, -0.1) is 0 Å². The van der Waals surface area contributed by atoms with Crippen molar-refractivity contribution in [3.63, 3.8) is 0 Å². The van der Waals surface area contributed by atoms with Gasteiger partial charge in [0.2, 0.25) is 0 Å². The molecule has 0 aliphatic carbocycles. The van der Waals surface area contributed by atoms with E-state index in [0.29, 0.717) is 5.92 Å². The molecule has 1 radical (unpaired) electrons. The molecule has 55 valence electrons. The molecule has 0 rings (SSSR count). The molecule has 0 saturated heterocycles. The first-order chi connectivity index (χ1) is 3.81. The summed E-state index contributed by atoms with van der Waals surface area (Å²) in [6.45, 7) is 8.42. The van der Waals surface area contributed by atoms with Gasteiger partial charge in [0.1, 0.15) is 0 Å². The molecule has 0 aliphatic rings. The maximum absolute atomic E-state index is 3.99. The second-order valence-electron chi connectivity index (χ2n) is 2.42. The van der Waals surface area contributed by atoms with Gasteiger partial charge >= 0.3 is 17.1 Å². The van der Waals surface area contributed by atoms with Crippen LogP contribution in [0.15, 0.2) is 0 Å². The summed E-state index contributed by atoms with van der Waals surface area (Å²) < 4.78 is 0. The SMILES string of the molecule is [CH2-]C(CC)CCCC.[Mn+2]. The Hall–Kier alpha value is 0.519. The zero-order chi connectivity index (χ0) is 6.41. The first-order valence-electron chi connectivity index (χ1n) is 3.64. The molecule has 0 nitrogen and oxygen atoms in total. The minimum absolute atomic E-state index is 0. The van der Waals surface area contributed by atoms with Crippen LogP contribution in [0.4, 0.5) is 0 Å². The molecule has 0 fully saturated rings. The van der Waals surface area contributed by atoms with E-state index >= 15 is 0 Å². The maximum atomic E-state index is 3.99. The Kier molecular flexibility index (Phi) is 11.6. The molecule has 0 aromatic heterocycles. The van der Waals surface area contributed by atoms with Crippen molar-refractivity contribution in [2.75, 3.05) is 0 Å². The molecule has 0 bridgehead atoms. The summed E-state index contributed by atoms with van der Waals surface area (Å²) in [5.41, 5.74) is 0. The predicted molar refractivity (Wildman–Crippen MR) is 38.7 cm³/mol. The van der Waals surface area contributed by atoms with Gasteiger partial charge in [-0.25, -0.2) is 0 Å². The summed E-state index contributed by atoms with van der Waals surface area (Å²) in [5, 5.41) is 0. The van der Waals surface area contributed by atoms with Gasteiger partial charge in [-0.05, 0) is 0 Å². The van der Waals surface area contributed by atoms with E-state index in [1.807, 2.05) is 0 Å². The Balaban J connectivity index is 0. The molecule has 1 heteroatoms. The van der Waals surface area contributed by atoms with Gasteiger partial charge in [-0.3, -0.25) is 0 Å². The number of rotatable bonds is 4. The average molecular weight is 168 g/mol. The van der Waals surface area contributed by atoms with Gasteiger partial charge < -0.3 is 6.92 Å². The molecule has 0 aromatic carbocycles. The first-order valence-corrected chi connectivity index (χ1v) is 3.64. The molecule has 1 unspecified atom stereocenters. The molecular weight excluding hydrogens is 151 g/mol. The normalized spacial score (nSPS) is 12.3. The Morgan fingerprint density at radius 3 is 2.22 bits per heavy atom. The Bertz CT molecular complexity index is 43.8. The van der Waals surface area contributed by atoms with E-state index in [0.717, 1.165) is 0 Å². The number of unbranched alkanes of at least 4 members (excludes halogenated alkanes) is 1. The van der Waals surface area contributed by atoms with Crippen molar-refractivity contribution < 1.29 is 17.1 Å². The van der Waals surface area contributed by atoms with E-state index in [-0.39, 0.29) is 17.1 Å². The molecule has 0 spiro atoms. The van der Waals surface area contributed by atoms with Gasteiger partial charge in [0.25, 0.3) is 0 Å². The van der Waals surface area contributed by atoms with Crippen LogP contribution in [0.25, 0.3) is 0 Å². The standard InChI is InChI=1S/C8H17.Mn/c1-4-6-7-8(3)5-2;/h8H,3-7H2,1-2H3;/q-1;+2. The summed E-state index contributed by atoms with van der Waals surface area (Å²) in [5.74, 6) is 0.704. The summed E-state index contributed by atoms with van der Waals surface area (Å²) in [4.78, 5) is 0. The van der Waals surface area contributed by atoms with Gasteiger partial charge in [-0.2, -0.15) is 5.92 Å². The quantitative estimate of drug-likeness (QED) is 0.447. The van der Waals surface area contributed by atoms with E-state index in [1.54, 1.807) is 0 Å². The minimum atomic E-state index is 0. The van der Waals surface area contributed by atoms with Crippen LogP contribution in [-0.2, 0) is 17.1 Å². The fraction of sp³-hybridized carbons (Fsp3) is 0.875. The van der Waals surface area contributed by atoms with Crippen LogP contribution in [0.1, 0.15) is 39.5 Å². The zero-order valence-electron chi connectivity index (χ0n) is 6.49. The Morgan fingerprint density at radius 2 is 1.89 bits per heavy atom. The summed E-state index contributed by atoms with van der Waals surface area (Å²) in [6, 6.07) is 0. The maximum Gasteiger partial charge on any atom is 2.00 e. The summed E-state index contributed by atoms with van der Waals surface area (Å²) in [6.07, 6.45) is 5.21. The Labute approximate surface area is 69.9 Å². The summed E-state index contributed by atoms with van der Waals surface area (Å²) in [7, 11) is 0. The van der Waals surface area contributed by atoms with Crippen LogP contribution in [0.5, 0.6) is 0 Å². The predicted octanol–water partition coefficient (Wildman–Crippen LogP) is 3.03. The van der Waals surface area contributed by atoms with Gasteiger partial charge in [0.15, 0.2) is 0 Å². The minimum Gasteiger partial charge on any atom is -0.340 e. The number of hydrogen-bond acceptors (Lipinski definition) is 0. The van der Waals surface area contributed by atoms with Crippen molar-refractivity contribution in [1.82, 2.24) is 0 Å². The monoisotopic (exact) mass is 168 g/mol. The zero-order valence-corrected chi connectivity index (χ0v) is 7.67. The van der Waals surface area contributed by atoms with Crippen molar-refractivity contribution in [1.29, 1.82) is 0 Å². The number of hydrogen-bond donors (Lipinski definition) is 0. The van der Waals surface area contributed by atoms with Crippen LogP contribution in [0, 0.1) is 12.8 Å². The average Bonchev–Trinajstić information content (AvgIpc) is 1.83. The van der Waals surface area contributed by atoms with Gasteiger partial charge in [-0.1, -0.05) is 39.5 Å². The van der Waals surface area contributed by atoms with Crippen molar-refractivity contribution in [3.05, 3.63) is 6.92 Å². The van der Waals surface area contributed by atoms with E-state index in [9.17, 15) is 0 Å². The van der Waals surface area contributed by atoms with E-state index in [1.165, 1.54) is 25.7 Å². The van der Waals surface area contributed by atoms with Crippen molar-refractivity contribution >= 4 is 0 Å². The molecular formula is C8H17Mn+. The van der Waals surface area contributed by atoms with Crippen LogP contribution in [-0.4, -0.2) is 0 Å². The molecule has 0 aliphatic heterocycles. The van der Waals surface area contributed by atoms with Gasteiger partial charge in [0, 0.05) is 0 Å². The Morgan fingerprint density at radius 1 is 1.33 bits per heavy atom. The first kappa shape index (κ1) is 12.2. The summed E-state index contributed by atoms with van der Waals surface area (Å²) >= 11 is 0. The molecule has 0 heterocycles. The van der Waals surface area contributed by atoms with Crippen molar-refractivity contribution in [2.24, 2.45) is 5.92 Å². The molecule has 9 heavy (non-hydrogen) atoms. The second kappa shape index (κ2) is 8.52. The van der Waals surface area contributed by atoms with E-state index in [4.69, 9.17) is 0 Å². The smallest absolute Gasteiger partial charge is 0.340 e. The van der Waals surface area contributed by atoms with Crippen LogP contribution in [0.2, 0.25) is 0 Å². The third kappa shape index (κ3) is 8.52. The second-order valence-corrected chi connectivity index (χ2v) is 2.42. The topological polar surface area (TPSA) is 0 Å². The third-order valence-corrected chi connectivity index (χ3v) is 1.54. The fourth-order valence-electron chi connectivity index (χ4n) is 0.697. The van der Waals surface area contributed by atoms with Crippen molar-refractivity contribution in [3.8, 4) is 0 Å². The van der Waals surface area contributed by atoms with E-state index in [2.05, 4.69) is 20.8 Å². The van der Waals surface area contributed by atoms with Crippen LogP contribution < -0.4 is 0 Å². The van der Waals surface area contributed by atoms with Crippen LogP contribution >= 0.6 is 0 Å². The third-order valence-electron chi connectivity index (χ3n) is 1.54. The van der Waals surface area contributed by atoms with Gasteiger partial charge in [0.05, 0.1) is 0 Å². The molecule has 0 amide bonds. The van der Waals surface area contributed by atoms with Crippen LogP contribution in [0.3, 0.4) is 0 Å². The van der Waals surface area contributed by atoms with E-state index < -0.39 is 0 Å². The molecule has 0 N–H and O–H groups in total. The molecule has 0 aromatic rings. The molecule has 1 atom stereocenters.